The van der Waals surface area contributed by atoms with E-state index in [1.165, 1.54) is 17.8 Å². The van der Waals surface area contributed by atoms with E-state index in [0.29, 0.717) is 0 Å². The Morgan fingerprint density at radius 1 is 1.12 bits per heavy atom. The molecule has 5 heteroatoms. The van der Waals surface area contributed by atoms with Gasteiger partial charge in [0.15, 0.2) is 0 Å². The van der Waals surface area contributed by atoms with E-state index in [2.05, 4.69) is 0 Å². The van der Waals surface area contributed by atoms with Crippen molar-refractivity contribution in [3.05, 3.63) is 41.8 Å². The molecule has 4 nitrogen and oxygen atoms in total. The molecule has 0 saturated carbocycles. The maximum atomic E-state index is 9.48. The predicted octanol–water partition coefficient (Wildman–Crippen LogP) is 0.367. The number of thioether (sulfide) groups is 1. The van der Waals surface area contributed by atoms with Crippen LogP contribution in [0, 0.1) is 0 Å². The monoisotopic (exact) mass is 256 g/mol. The Morgan fingerprint density at radius 2 is 1.76 bits per heavy atom. The van der Waals surface area contributed by atoms with Crippen LogP contribution in [0.3, 0.4) is 0 Å². The Bertz CT molecular complexity index is 342. The van der Waals surface area contributed by atoms with Gasteiger partial charge in [0.05, 0.1) is 6.61 Å². The summed E-state index contributed by atoms with van der Waals surface area (Å²) in [5, 5.41) is 38.2. The molecular formula is C12H16O4S. The Hall–Kier alpha value is -0.850. The van der Waals surface area contributed by atoms with Gasteiger partial charge in [0.25, 0.3) is 0 Å². The van der Waals surface area contributed by atoms with Gasteiger partial charge >= 0.3 is 0 Å². The zero-order valence-corrected chi connectivity index (χ0v) is 9.99. The Labute approximate surface area is 104 Å². The van der Waals surface area contributed by atoms with Crippen molar-refractivity contribution in [2.75, 3.05) is 6.61 Å². The summed E-state index contributed by atoms with van der Waals surface area (Å²) in [5.41, 5.74) is 0. The van der Waals surface area contributed by atoms with Gasteiger partial charge in [-0.2, -0.15) is 0 Å². The van der Waals surface area contributed by atoms with Crippen molar-refractivity contribution in [3.8, 4) is 0 Å². The molecule has 0 unspecified atom stereocenters. The van der Waals surface area contributed by atoms with E-state index in [0.717, 1.165) is 4.90 Å². The van der Waals surface area contributed by atoms with Gasteiger partial charge in [0, 0.05) is 4.90 Å². The van der Waals surface area contributed by atoms with Crippen LogP contribution >= 0.6 is 11.8 Å². The number of aliphatic hydroxyl groups excluding tert-OH is 4. The minimum absolute atomic E-state index is 0.585. The first-order valence-electron chi connectivity index (χ1n) is 5.18. The van der Waals surface area contributed by atoms with Crippen molar-refractivity contribution < 1.29 is 20.4 Å². The number of hydrogen-bond donors (Lipinski definition) is 4. The molecule has 1 aromatic carbocycles. The molecular weight excluding hydrogens is 240 g/mol. The molecule has 3 atom stereocenters. The Balaban J connectivity index is 2.43. The SMILES string of the molecule is OC[C@@H](O)[C@@H](O)[C@H](O)/C=C/Sc1ccccc1. The average Bonchev–Trinajstić information content (AvgIpc) is 2.38. The first kappa shape index (κ1) is 14.2. The highest BCUT2D eigenvalue weighted by Gasteiger charge is 2.21. The molecule has 94 valence electrons. The van der Waals surface area contributed by atoms with Crippen molar-refractivity contribution in [1.29, 1.82) is 0 Å². The van der Waals surface area contributed by atoms with E-state index < -0.39 is 24.9 Å². The number of benzene rings is 1. The second-order valence-electron chi connectivity index (χ2n) is 3.49. The summed E-state index contributed by atoms with van der Waals surface area (Å²) in [7, 11) is 0. The molecule has 0 saturated heterocycles. The molecule has 0 aromatic heterocycles. The standard InChI is InChI=1S/C12H16O4S/c13-8-11(15)12(16)10(14)6-7-17-9-4-2-1-3-5-9/h1-7,10-16H,8H2/b7-6+/t10-,11-,12+/m1/s1. The highest BCUT2D eigenvalue weighted by Crippen LogP contribution is 2.18. The highest BCUT2D eigenvalue weighted by atomic mass is 32.2. The molecule has 0 fully saturated rings. The van der Waals surface area contributed by atoms with Gasteiger partial charge in [0.2, 0.25) is 0 Å². The van der Waals surface area contributed by atoms with Crippen molar-refractivity contribution in [3.63, 3.8) is 0 Å². The largest absolute Gasteiger partial charge is 0.394 e. The molecule has 1 rings (SSSR count). The number of rotatable bonds is 6. The van der Waals surface area contributed by atoms with Crippen molar-refractivity contribution >= 4 is 11.8 Å². The lowest BCUT2D eigenvalue weighted by Crippen LogP contribution is -2.38. The van der Waals surface area contributed by atoms with E-state index >= 15 is 0 Å². The van der Waals surface area contributed by atoms with E-state index in [9.17, 15) is 10.2 Å². The van der Waals surface area contributed by atoms with Crippen molar-refractivity contribution in [2.45, 2.75) is 23.2 Å². The van der Waals surface area contributed by atoms with Crippen LogP contribution in [-0.4, -0.2) is 45.3 Å². The summed E-state index contributed by atoms with van der Waals surface area (Å²) in [6.45, 7) is -0.585. The third-order valence-corrected chi connectivity index (χ3v) is 2.99. The summed E-state index contributed by atoms with van der Waals surface area (Å²) >= 11 is 1.39. The summed E-state index contributed by atoms with van der Waals surface area (Å²) in [4.78, 5) is 1.01. The number of aliphatic hydroxyl groups is 4. The Morgan fingerprint density at radius 3 is 2.35 bits per heavy atom. The van der Waals surface area contributed by atoms with Gasteiger partial charge in [-0.1, -0.05) is 30.0 Å². The predicted molar refractivity (Wildman–Crippen MR) is 66.5 cm³/mol. The summed E-state index contributed by atoms with van der Waals surface area (Å²) < 4.78 is 0. The van der Waals surface area contributed by atoms with E-state index in [-0.39, 0.29) is 0 Å². The van der Waals surface area contributed by atoms with Gasteiger partial charge in [-0.25, -0.2) is 0 Å². The van der Waals surface area contributed by atoms with Crippen LogP contribution in [0.5, 0.6) is 0 Å². The topological polar surface area (TPSA) is 80.9 Å². The second kappa shape index (κ2) is 7.47. The van der Waals surface area contributed by atoms with Crippen LogP contribution in [0.4, 0.5) is 0 Å². The molecule has 0 heterocycles. The van der Waals surface area contributed by atoms with Crippen LogP contribution < -0.4 is 0 Å². The fraction of sp³-hybridized carbons (Fsp3) is 0.333. The number of hydrogen-bond acceptors (Lipinski definition) is 5. The third-order valence-electron chi connectivity index (χ3n) is 2.15. The van der Waals surface area contributed by atoms with Gasteiger partial charge in [-0.15, -0.1) is 0 Å². The third kappa shape index (κ3) is 4.89. The van der Waals surface area contributed by atoms with Gasteiger partial charge in [-0.3, -0.25) is 0 Å². The fourth-order valence-corrected chi connectivity index (χ4v) is 1.86. The van der Waals surface area contributed by atoms with E-state index in [1.54, 1.807) is 5.41 Å². The van der Waals surface area contributed by atoms with E-state index in [1.807, 2.05) is 30.3 Å². The van der Waals surface area contributed by atoms with Gasteiger partial charge in [-0.05, 0) is 23.6 Å². The molecule has 0 spiro atoms. The first-order valence-corrected chi connectivity index (χ1v) is 6.06. The van der Waals surface area contributed by atoms with Crippen LogP contribution in [0.25, 0.3) is 0 Å². The van der Waals surface area contributed by atoms with Crippen molar-refractivity contribution in [2.24, 2.45) is 0 Å². The smallest absolute Gasteiger partial charge is 0.112 e. The molecule has 0 bridgehead atoms. The van der Waals surface area contributed by atoms with Gasteiger partial charge in [0.1, 0.15) is 18.3 Å². The normalized spacial score (nSPS) is 16.9. The summed E-state index contributed by atoms with van der Waals surface area (Å²) in [6, 6.07) is 9.54. The molecule has 0 aliphatic carbocycles. The van der Waals surface area contributed by atoms with Crippen LogP contribution in [-0.2, 0) is 0 Å². The van der Waals surface area contributed by atoms with Crippen LogP contribution in [0.15, 0.2) is 46.7 Å². The molecule has 17 heavy (non-hydrogen) atoms. The molecule has 0 radical (unpaired) electrons. The average molecular weight is 256 g/mol. The zero-order valence-electron chi connectivity index (χ0n) is 9.18. The lowest BCUT2D eigenvalue weighted by Gasteiger charge is -2.18. The summed E-state index contributed by atoms with van der Waals surface area (Å²) in [5.74, 6) is 0. The molecule has 0 aliphatic rings. The maximum Gasteiger partial charge on any atom is 0.112 e. The molecule has 0 aliphatic heterocycles. The Kier molecular flexibility index (Phi) is 6.25. The lowest BCUT2D eigenvalue weighted by molar-refractivity contribution is -0.0610. The highest BCUT2D eigenvalue weighted by molar-refractivity contribution is 8.02. The lowest BCUT2D eigenvalue weighted by atomic mass is 10.1. The van der Waals surface area contributed by atoms with Gasteiger partial charge < -0.3 is 20.4 Å². The van der Waals surface area contributed by atoms with Crippen LogP contribution in [0.2, 0.25) is 0 Å². The summed E-state index contributed by atoms with van der Waals surface area (Å²) in [6.07, 6.45) is -2.54. The zero-order chi connectivity index (χ0) is 12.7. The second-order valence-corrected chi connectivity index (χ2v) is 4.47. The minimum Gasteiger partial charge on any atom is -0.394 e. The first-order chi connectivity index (χ1) is 8.15. The molecule has 4 N–H and O–H groups in total. The minimum atomic E-state index is -1.38. The fourth-order valence-electron chi connectivity index (χ4n) is 1.15. The molecule has 1 aromatic rings. The maximum absolute atomic E-state index is 9.48. The van der Waals surface area contributed by atoms with Crippen LogP contribution in [0.1, 0.15) is 0 Å². The van der Waals surface area contributed by atoms with E-state index in [4.69, 9.17) is 10.2 Å². The van der Waals surface area contributed by atoms with Crippen molar-refractivity contribution in [1.82, 2.24) is 0 Å². The quantitative estimate of drug-likeness (QED) is 0.553. The molecule has 0 amide bonds.